The summed E-state index contributed by atoms with van der Waals surface area (Å²) in [6.45, 7) is 1.71. The summed E-state index contributed by atoms with van der Waals surface area (Å²) in [5.74, 6) is -2.40. The Hall–Kier alpha value is -2.37. The van der Waals surface area contributed by atoms with Crippen molar-refractivity contribution in [3.63, 3.8) is 0 Å². The van der Waals surface area contributed by atoms with Crippen LogP contribution >= 0.6 is 11.6 Å². The zero-order chi connectivity index (χ0) is 14.7. The third-order valence-electron chi connectivity index (χ3n) is 3.33. The quantitative estimate of drug-likeness (QED) is 0.924. The molecule has 1 aliphatic rings. The van der Waals surface area contributed by atoms with Gasteiger partial charge in [0, 0.05) is 16.7 Å². The van der Waals surface area contributed by atoms with Gasteiger partial charge in [-0.05, 0) is 24.6 Å². The van der Waals surface area contributed by atoms with Crippen LogP contribution in [0.1, 0.15) is 18.4 Å². The molecular formula is C14H11ClN4O. The number of rotatable bonds is 3. The second-order valence-corrected chi connectivity index (χ2v) is 4.96. The summed E-state index contributed by atoms with van der Waals surface area (Å²) < 4.78 is 0. The Kier molecular flexibility index (Phi) is 4.02. The summed E-state index contributed by atoms with van der Waals surface area (Å²) in [7, 11) is 0. The Bertz CT molecular complexity index is 625. The molecule has 1 aliphatic heterocycles. The van der Waals surface area contributed by atoms with Crippen molar-refractivity contribution in [3.05, 3.63) is 34.9 Å². The van der Waals surface area contributed by atoms with Crippen molar-refractivity contribution >= 4 is 23.2 Å². The molecule has 0 radical (unpaired) electrons. The number of hydrogen-bond acceptors (Lipinski definition) is 4. The van der Waals surface area contributed by atoms with E-state index in [1.165, 1.54) is 0 Å². The Morgan fingerprint density at radius 1 is 1.30 bits per heavy atom. The molecule has 1 amide bonds. The van der Waals surface area contributed by atoms with Gasteiger partial charge in [0.25, 0.3) is 0 Å². The van der Waals surface area contributed by atoms with Gasteiger partial charge in [-0.2, -0.15) is 15.6 Å². The number of nitrogens with zero attached hydrogens (tertiary/aromatic N) is 3. The zero-order valence-corrected chi connectivity index (χ0v) is 11.4. The van der Waals surface area contributed by atoms with E-state index < -0.39 is 17.8 Å². The smallest absolute Gasteiger partial charge is 0.249 e. The van der Waals surface area contributed by atoms with Gasteiger partial charge in [0.15, 0.2) is 0 Å². The first-order chi connectivity index (χ1) is 9.58. The van der Waals surface area contributed by atoms with Crippen LogP contribution in [-0.4, -0.2) is 11.6 Å². The monoisotopic (exact) mass is 286 g/mol. The second kappa shape index (κ2) is 5.73. The van der Waals surface area contributed by atoms with Crippen LogP contribution in [0, 0.1) is 34.5 Å². The molecule has 0 saturated heterocycles. The van der Waals surface area contributed by atoms with Crippen LogP contribution in [0.2, 0.25) is 5.02 Å². The average molecular weight is 287 g/mol. The van der Waals surface area contributed by atoms with Crippen LogP contribution < -0.4 is 5.43 Å². The van der Waals surface area contributed by atoms with Gasteiger partial charge in [-0.25, -0.2) is 5.43 Å². The van der Waals surface area contributed by atoms with Crippen LogP contribution in [0.3, 0.4) is 0 Å². The maximum Gasteiger partial charge on any atom is 0.249 e. The number of hydrogen-bond donors (Lipinski definition) is 1. The molecule has 0 aromatic heterocycles. The first-order valence-electron chi connectivity index (χ1n) is 5.97. The number of carbonyl (C=O) groups excluding carboxylic acids is 1. The van der Waals surface area contributed by atoms with Gasteiger partial charge in [-0.1, -0.05) is 23.7 Å². The number of amides is 1. The fraction of sp³-hybridized carbons (Fsp3) is 0.286. The Labute approximate surface area is 121 Å². The molecule has 100 valence electrons. The highest BCUT2D eigenvalue weighted by Crippen LogP contribution is 2.35. The number of carbonyl (C=O) groups is 1. The highest BCUT2D eigenvalue weighted by atomic mass is 35.5. The summed E-state index contributed by atoms with van der Waals surface area (Å²) in [6.07, 6.45) is 0. The largest absolute Gasteiger partial charge is 0.272 e. The minimum atomic E-state index is -0.935. The molecule has 0 spiro atoms. The van der Waals surface area contributed by atoms with Gasteiger partial charge < -0.3 is 0 Å². The molecule has 2 rings (SSSR count). The second-order valence-electron chi connectivity index (χ2n) is 4.52. The van der Waals surface area contributed by atoms with Crippen LogP contribution in [0.15, 0.2) is 29.4 Å². The van der Waals surface area contributed by atoms with Gasteiger partial charge in [-0.3, -0.25) is 4.79 Å². The van der Waals surface area contributed by atoms with Crippen molar-refractivity contribution in [2.45, 2.75) is 12.8 Å². The van der Waals surface area contributed by atoms with E-state index >= 15 is 0 Å². The molecule has 1 heterocycles. The zero-order valence-electron chi connectivity index (χ0n) is 10.7. The number of nitriles is 2. The lowest BCUT2D eigenvalue weighted by Gasteiger charge is -2.23. The predicted molar refractivity (Wildman–Crippen MR) is 73.7 cm³/mol. The summed E-state index contributed by atoms with van der Waals surface area (Å²) >= 11 is 5.85. The number of halogens is 1. The fourth-order valence-corrected chi connectivity index (χ4v) is 2.47. The molecule has 2 atom stereocenters. The maximum atomic E-state index is 11.9. The van der Waals surface area contributed by atoms with Crippen molar-refractivity contribution in [2.75, 3.05) is 0 Å². The standard InChI is InChI=1S/C14H11ClN4O/c1-8-12(14(20)19-18-8)13(10(6-16)7-17)9-2-4-11(15)5-3-9/h2-5,10,12-13H,1H3,(H,19,20)/t12-,13+/m0/s1. The summed E-state index contributed by atoms with van der Waals surface area (Å²) in [5, 5.41) is 22.8. The van der Waals surface area contributed by atoms with E-state index in [0.29, 0.717) is 10.7 Å². The van der Waals surface area contributed by atoms with E-state index in [-0.39, 0.29) is 5.91 Å². The third-order valence-corrected chi connectivity index (χ3v) is 3.58. The van der Waals surface area contributed by atoms with Crippen LogP contribution in [0.4, 0.5) is 0 Å². The molecule has 0 saturated carbocycles. The summed E-state index contributed by atoms with van der Waals surface area (Å²) in [5.41, 5.74) is 3.68. The van der Waals surface area contributed by atoms with Gasteiger partial charge in [0.1, 0.15) is 5.92 Å². The van der Waals surface area contributed by atoms with Crippen LogP contribution in [0.25, 0.3) is 0 Å². The van der Waals surface area contributed by atoms with Crippen molar-refractivity contribution in [1.82, 2.24) is 5.43 Å². The molecule has 6 heteroatoms. The topological polar surface area (TPSA) is 89.0 Å². The molecule has 0 bridgehead atoms. The molecule has 0 unspecified atom stereocenters. The molecule has 0 aliphatic carbocycles. The average Bonchev–Trinajstić information content (AvgIpc) is 2.77. The fourth-order valence-electron chi connectivity index (χ4n) is 2.35. The lowest BCUT2D eigenvalue weighted by atomic mass is 9.76. The van der Waals surface area contributed by atoms with Crippen LogP contribution in [-0.2, 0) is 4.79 Å². The van der Waals surface area contributed by atoms with E-state index in [0.717, 1.165) is 5.56 Å². The molecule has 5 nitrogen and oxygen atoms in total. The first-order valence-corrected chi connectivity index (χ1v) is 6.35. The number of benzene rings is 1. The number of hydrazone groups is 1. The molecular weight excluding hydrogens is 276 g/mol. The van der Waals surface area contributed by atoms with Crippen molar-refractivity contribution < 1.29 is 4.79 Å². The lowest BCUT2D eigenvalue weighted by Crippen LogP contribution is -2.32. The molecule has 1 aromatic rings. The highest BCUT2D eigenvalue weighted by Gasteiger charge is 2.40. The predicted octanol–water partition coefficient (Wildman–Crippen LogP) is 2.21. The van der Waals surface area contributed by atoms with E-state index in [2.05, 4.69) is 10.5 Å². The highest BCUT2D eigenvalue weighted by molar-refractivity contribution is 6.30. The van der Waals surface area contributed by atoms with Crippen molar-refractivity contribution in [2.24, 2.45) is 16.9 Å². The maximum absolute atomic E-state index is 11.9. The van der Waals surface area contributed by atoms with Gasteiger partial charge >= 0.3 is 0 Å². The van der Waals surface area contributed by atoms with E-state index in [1.54, 1.807) is 31.2 Å². The van der Waals surface area contributed by atoms with Gasteiger partial charge in [-0.15, -0.1) is 0 Å². The number of nitrogens with one attached hydrogen (secondary N) is 1. The Balaban J connectivity index is 2.48. The SMILES string of the molecule is CC1=NNC(=O)[C@@H]1[C@H](c1ccc(Cl)cc1)C(C#N)C#N. The third kappa shape index (κ3) is 2.49. The minimum absolute atomic E-state index is 0.294. The van der Waals surface area contributed by atoms with Gasteiger partial charge in [0.05, 0.1) is 18.1 Å². The minimum Gasteiger partial charge on any atom is -0.272 e. The van der Waals surface area contributed by atoms with E-state index in [4.69, 9.17) is 11.6 Å². The van der Waals surface area contributed by atoms with E-state index in [1.807, 2.05) is 12.1 Å². The first kappa shape index (κ1) is 14.0. The normalized spacial score (nSPS) is 18.9. The van der Waals surface area contributed by atoms with Crippen LogP contribution in [0.5, 0.6) is 0 Å². The van der Waals surface area contributed by atoms with Crippen molar-refractivity contribution in [3.8, 4) is 12.1 Å². The molecule has 0 fully saturated rings. The molecule has 20 heavy (non-hydrogen) atoms. The molecule has 1 aromatic carbocycles. The van der Waals surface area contributed by atoms with Gasteiger partial charge in [0.2, 0.25) is 5.91 Å². The van der Waals surface area contributed by atoms with Crippen molar-refractivity contribution in [1.29, 1.82) is 10.5 Å². The summed E-state index contributed by atoms with van der Waals surface area (Å²) in [6, 6.07) is 10.7. The summed E-state index contributed by atoms with van der Waals surface area (Å²) in [4.78, 5) is 11.9. The Morgan fingerprint density at radius 2 is 1.90 bits per heavy atom. The van der Waals surface area contributed by atoms with E-state index in [9.17, 15) is 15.3 Å². The molecule has 1 N–H and O–H groups in total. The lowest BCUT2D eigenvalue weighted by molar-refractivity contribution is -0.122. The Morgan fingerprint density at radius 3 is 2.35 bits per heavy atom.